The van der Waals surface area contributed by atoms with Crippen LogP contribution in [0.25, 0.3) is 0 Å². The smallest absolute Gasteiger partial charge is 0.129 e. The summed E-state index contributed by atoms with van der Waals surface area (Å²) in [4.78, 5) is 0. The molecule has 2 atom stereocenters. The van der Waals surface area contributed by atoms with Gasteiger partial charge in [-0.3, -0.25) is 0 Å². The second-order valence-electron chi connectivity index (χ2n) is 5.02. The molecule has 1 aliphatic rings. The lowest BCUT2D eigenvalue weighted by Crippen LogP contribution is -2.24. The molecule has 3 nitrogen and oxygen atoms in total. The Morgan fingerprint density at radius 1 is 1.24 bits per heavy atom. The second kappa shape index (κ2) is 5.87. The predicted octanol–water partition coefficient (Wildman–Crippen LogP) is 4.63. The summed E-state index contributed by atoms with van der Waals surface area (Å²) in [5.74, 6) is 1.58. The molecule has 5 heteroatoms. The van der Waals surface area contributed by atoms with E-state index in [9.17, 15) is 0 Å². The first-order valence-corrected chi connectivity index (χ1v) is 7.80. The molecule has 0 bridgehead atoms. The Bertz CT molecular complexity index is 677. The fraction of sp³-hybridized carbons (Fsp3) is 0.250. The Balaban J connectivity index is 1.99. The molecule has 110 valence electrons. The zero-order valence-corrected chi connectivity index (χ0v) is 13.8. The van der Waals surface area contributed by atoms with Crippen LogP contribution in [0.2, 0.25) is 5.02 Å². The number of rotatable bonds is 2. The summed E-state index contributed by atoms with van der Waals surface area (Å²) >= 11 is 9.52. The summed E-state index contributed by atoms with van der Waals surface area (Å²) in [6.45, 7) is 0. The highest BCUT2D eigenvalue weighted by Crippen LogP contribution is 2.43. The quantitative estimate of drug-likeness (QED) is 0.840. The molecule has 1 aliphatic heterocycles. The number of methoxy groups -OCH3 is 1. The van der Waals surface area contributed by atoms with E-state index in [1.165, 1.54) is 0 Å². The summed E-state index contributed by atoms with van der Waals surface area (Å²) in [5, 5.41) is 0.672. The van der Waals surface area contributed by atoms with Gasteiger partial charge in [-0.05, 0) is 36.4 Å². The molecular weight excluding hydrogens is 354 g/mol. The van der Waals surface area contributed by atoms with Crippen LogP contribution in [-0.4, -0.2) is 7.11 Å². The summed E-state index contributed by atoms with van der Waals surface area (Å²) in [7, 11) is 1.66. The Morgan fingerprint density at radius 2 is 2.05 bits per heavy atom. The van der Waals surface area contributed by atoms with E-state index in [4.69, 9.17) is 26.8 Å². The Kier molecular flexibility index (Phi) is 4.11. The van der Waals surface area contributed by atoms with E-state index in [0.717, 1.165) is 27.1 Å². The van der Waals surface area contributed by atoms with Gasteiger partial charge in [0, 0.05) is 33.1 Å². The van der Waals surface area contributed by atoms with Gasteiger partial charge in [-0.2, -0.15) is 0 Å². The van der Waals surface area contributed by atoms with Crippen molar-refractivity contribution in [2.45, 2.75) is 18.6 Å². The predicted molar refractivity (Wildman–Crippen MR) is 87.1 cm³/mol. The van der Waals surface area contributed by atoms with Crippen molar-refractivity contribution in [3.63, 3.8) is 0 Å². The lowest BCUT2D eigenvalue weighted by Gasteiger charge is -2.31. The van der Waals surface area contributed by atoms with E-state index < -0.39 is 0 Å². The van der Waals surface area contributed by atoms with Gasteiger partial charge in [0.15, 0.2) is 0 Å². The van der Waals surface area contributed by atoms with Crippen molar-refractivity contribution < 1.29 is 9.47 Å². The van der Waals surface area contributed by atoms with Gasteiger partial charge >= 0.3 is 0 Å². The number of nitrogens with two attached hydrogens (primary N) is 1. The Morgan fingerprint density at radius 3 is 2.81 bits per heavy atom. The molecular formula is C16H15BrClNO2. The summed E-state index contributed by atoms with van der Waals surface area (Å²) in [5.41, 5.74) is 8.22. The van der Waals surface area contributed by atoms with Crippen molar-refractivity contribution in [1.29, 1.82) is 0 Å². The third-order valence-corrected chi connectivity index (χ3v) is 4.38. The highest BCUT2D eigenvalue weighted by atomic mass is 79.9. The molecule has 1 unspecified atom stereocenters. The van der Waals surface area contributed by atoms with Crippen molar-refractivity contribution in [1.82, 2.24) is 0 Å². The molecule has 2 N–H and O–H groups in total. The average molecular weight is 369 g/mol. The van der Waals surface area contributed by atoms with Gasteiger partial charge in [-0.15, -0.1) is 0 Å². The summed E-state index contributed by atoms with van der Waals surface area (Å²) < 4.78 is 12.5. The van der Waals surface area contributed by atoms with Crippen LogP contribution in [0.15, 0.2) is 40.9 Å². The van der Waals surface area contributed by atoms with Crippen molar-refractivity contribution in [3.8, 4) is 11.5 Å². The Labute approximate surface area is 137 Å². The van der Waals surface area contributed by atoms with Crippen molar-refractivity contribution in [3.05, 3.63) is 57.0 Å². The van der Waals surface area contributed by atoms with Crippen LogP contribution in [-0.2, 0) is 0 Å². The second-order valence-corrected chi connectivity index (χ2v) is 6.37. The molecule has 0 saturated carbocycles. The maximum Gasteiger partial charge on any atom is 0.129 e. The first kappa shape index (κ1) is 14.7. The maximum absolute atomic E-state index is 6.28. The molecule has 0 saturated heterocycles. The molecule has 2 aromatic rings. The first-order chi connectivity index (χ1) is 10.1. The van der Waals surface area contributed by atoms with E-state index in [-0.39, 0.29) is 12.1 Å². The van der Waals surface area contributed by atoms with E-state index in [1.807, 2.05) is 36.4 Å². The van der Waals surface area contributed by atoms with Crippen molar-refractivity contribution >= 4 is 27.5 Å². The van der Waals surface area contributed by atoms with E-state index in [0.29, 0.717) is 11.4 Å². The van der Waals surface area contributed by atoms with Crippen LogP contribution in [0.3, 0.4) is 0 Å². The van der Waals surface area contributed by atoms with Crippen LogP contribution in [0.5, 0.6) is 11.5 Å². The van der Waals surface area contributed by atoms with Gasteiger partial charge in [0.2, 0.25) is 0 Å². The normalized spacial score (nSPS) is 20.6. The fourth-order valence-corrected chi connectivity index (χ4v) is 3.18. The maximum atomic E-state index is 6.28. The SMILES string of the molecule is COc1ccc(Br)cc1C1C[C@H](N)c2cc(Cl)ccc2O1. The van der Waals surface area contributed by atoms with Crippen molar-refractivity contribution in [2.24, 2.45) is 5.73 Å². The molecule has 3 rings (SSSR count). The van der Waals surface area contributed by atoms with Crippen LogP contribution in [0.4, 0.5) is 0 Å². The molecule has 0 amide bonds. The monoisotopic (exact) mass is 367 g/mol. The molecule has 0 aliphatic carbocycles. The average Bonchev–Trinajstić information content (AvgIpc) is 2.47. The van der Waals surface area contributed by atoms with Gasteiger partial charge in [0.25, 0.3) is 0 Å². The summed E-state index contributed by atoms with van der Waals surface area (Å²) in [6.07, 6.45) is 0.543. The van der Waals surface area contributed by atoms with Gasteiger partial charge in [0.1, 0.15) is 17.6 Å². The minimum absolute atomic E-state index is 0.110. The molecule has 1 heterocycles. The third-order valence-electron chi connectivity index (χ3n) is 3.65. The number of ether oxygens (including phenoxy) is 2. The van der Waals surface area contributed by atoms with Crippen LogP contribution < -0.4 is 15.2 Å². The van der Waals surface area contributed by atoms with E-state index in [2.05, 4.69) is 15.9 Å². The Hall–Kier alpha value is -1.23. The number of hydrogen-bond acceptors (Lipinski definition) is 3. The van der Waals surface area contributed by atoms with Crippen LogP contribution in [0.1, 0.15) is 29.7 Å². The van der Waals surface area contributed by atoms with Gasteiger partial charge in [-0.1, -0.05) is 27.5 Å². The number of hydrogen-bond donors (Lipinski definition) is 1. The van der Waals surface area contributed by atoms with E-state index in [1.54, 1.807) is 7.11 Å². The lowest BCUT2D eigenvalue weighted by molar-refractivity contribution is 0.158. The highest BCUT2D eigenvalue weighted by molar-refractivity contribution is 9.10. The highest BCUT2D eigenvalue weighted by Gasteiger charge is 2.29. The molecule has 0 radical (unpaired) electrons. The number of fused-ring (bicyclic) bond motifs is 1. The van der Waals surface area contributed by atoms with Gasteiger partial charge in [0.05, 0.1) is 7.11 Å². The molecule has 21 heavy (non-hydrogen) atoms. The van der Waals surface area contributed by atoms with Crippen molar-refractivity contribution in [2.75, 3.05) is 7.11 Å². The number of benzene rings is 2. The molecule has 0 spiro atoms. The van der Waals surface area contributed by atoms with Crippen LogP contribution in [0, 0.1) is 0 Å². The minimum atomic E-state index is -0.138. The number of halogens is 2. The first-order valence-electron chi connectivity index (χ1n) is 6.63. The zero-order chi connectivity index (χ0) is 15.0. The fourth-order valence-electron chi connectivity index (χ4n) is 2.62. The summed E-state index contributed by atoms with van der Waals surface area (Å²) in [6, 6.07) is 11.3. The van der Waals surface area contributed by atoms with E-state index >= 15 is 0 Å². The minimum Gasteiger partial charge on any atom is -0.496 e. The molecule has 2 aromatic carbocycles. The van der Waals surface area contributed by atoms with Gasteiger partial charge < -0.3 is 15.2 Å². The van der Waals surface area contributed by atoms with Crippen LogP contribution >= 0.6 is 27.5 Å². The largest absolute Gasteiger partial charge is 0.496 e. The zero-order valence-electron chi connectivity index (χ0n) is 11.5. The molecule has 0 aromatic heterocycles. The lowest BCUT2D eigenvalue weighted by atomic mass is 9.93. The van der Waals surface area contributed by atoms with Gasteiger partial charge in [-0.25, -0.2) is 0 Å². The molecule has 0 fully saturated rings. The standard InChI is InChI=1S/C16H15BrClNO2/c1-20-14-4-2-9(17)6-12(14)16-8-13(19)11-7-10(18)3-5-15(11)21-16/h2-7,13,16H,8,19H2,1H3/t13-,16?/m0/s1. The topological polar surface area (TPSA) is 44.5 Å². The third kappa shape index (κ3) is 2.89.